The number of rotatable bonds is 2. The van der Waals surface area contributed by atoms with Gasteiger partial charge in [-0.15, -0.1) is 0 Å². The van der Waals surface area contributed by atoms with Gasteiger partial charge in [0.15, 0.2) is 6.20 Å². The normalized spacial score (nSPS) is 12.6. The van der Waals surface area contributed by atoms with Gasteiger partial charge in [-0.25, -0.2) is 0 Å². The summed E-state index contributed by atoms with van der Waals surface area (Å²) in [5.41, 5.74) is 3.73. The van der Waals surface area contributed by atoms with Crippen LogP contribution in [0.3, 0.4) is 0 Å². The molecule has 0 N–H and O–H groups in total. The van der Waals surface area contributed by atoms with Crippen molar-refractivity contribution in [2.75, 3.05) is 0 Å². The topological polar surface area (TPSA) is 13.1 Å². The van der Waals surface area contributed by atoms with Crippen molar-refractivity contribution in [3.8, 4) is 22.8 Å². The Morgan fingerprint density at radius 1 is 0.781 bits per heavy atom. The molecule has 32 heavy (non-hydrogen) atoms. The third-order valence-electron chi connectivity index (χ3n) is 7.08. The number of aromatic nitrogens is 1. The van der Waals surface area contributed by atoms with Crippen molar-refractivity contribution < 1.29 is 9.30 Å². The zero-order valence-corrected chi connectivity index (χ0v) is 19.9. The lowest BCUT2D eigenvalue weighted by Crippen LogP contribution is -2.52. The van der Waals surface area contributed by atoms with Crippen LogP contribution in [0.25, 0.3) is 32.8 Å². The fourth-order valence-electron chi connectivity index (χ4n) is 5.18. The van der Waals surface area contributed by atoms with E-state index < -0.39 is 8.07 Å². The van der Waals surface area contributed by atoms with Crippen LogP contribution in [-0.4, -0.2) is 8.07 Å². The van der Waals surface area contributed by atoms with Gasteiger partial charge in [0, 0.05) is 16.2 Å². The second-order valence-corrected chi connectivity index (χ2v) is 13.8. The van der Waals surface area contributed by atoms with Crippen molar-refractivity contribution in [2.45, 2.75) is 20.0 Å². The van der Waals surface area contributed by atoms with Crippen LogP contribution in [0.2, 0.25) is 13.1 Å². The lowest BCUT2D eigenvalue weighted by atomic mass is 9.92. The predicted molar refractivity (Wildman–Crippen MR) is 136 cm³/mol. The third kappa shape index (κ3) is 2.68. The molecule has 0 spiro atoms. The molecular weight excluding hydrogens is 406 g/mol. The maximum atomic E-state index is 6.67. The second kappa shape index (κ2) is 6.78. The molecule has 0 saturated heterocycles. The molecule has 156 valence electrons. The first-order valence-corrected chi connectivity index (χ1v) is 14.2. The summed E-state index contributed by atoms with van der Waals surface area (Å²) >= 11 is 0. The van der Waals surface area contributed by atoms with Gasteiger partial charge in [-0.05, 0) is 30.0 Å². The van der Waals surface area contributed by atoms with Gasteiger partial charge in [0.1, 0.15) is 20.9 Å². The fourth-order valence-corrected chi connectivity index (χ4v) is 7.54. The van der Waals surface area contributed by atoms with E-state index in [0.29, 0.717) is 0 Å². The largest absolute Gasteiger partial charge is 0.449 e. The number of hydrogen-bond acceptors (Lipinski definition) is 1. The minimum Gasteiger partial charge on any atom is -0.449 e. The molecule has 6 rings (SSSR count). The van der Waals surface area contributed by atoms with Crippen LogP contribution >= 0.6 is 0 Å². The number of benzene rings is 4. The number of ether oxygens (including phenoxy) is 1. The molecule has 0 amide bonds. The Bertz CT molecular complexity index is 1540. The third-order valence-corrected chi connectivity index (χ3v) is 10.6. The van der Waals surface area contributed by atoms with E-state index in [1.807, 2.05) is 0 Å². The second-order valence-electron chi connectivity index (χ2n) is 9.42. The molecule has 1 aliphatic heterocycles. The fraction of sp³-hybridized carbons (Fsp3) is 0.138. The minimum atomic E-state index is -1.83. The smallest absolute Gasteiger partial charge is 0.257 e. The highest BCUT2D eigenvalue weighted by atomic mass is 28.3. The van der Waals surface area contributed by atoms with Crippen LogP contribution in [0.4, 0.5) is 0 Å². The van der Waals surface area contributed by atoms with Gasteiger partial charge < -0.3 is 4.74 Å². The summed E-state index contributed by atoms with van der Waals surface area (Å²) in [5, 5.41) is 7.70. The van der Waals surface area contributed by atoms with Crippen LogP contribution in [0.15, 0.2) is 85.1 Å². The zero-order chi connectivity index (χ0) is 22.0. The van der Waals surface area contributed by atoms with Crippen LogP contribution in [0.5, 0.6) is 11.5 Å². The molecular formula is C29H26NOSi+. The molecule has 4 aromatic carbocycles. The molecule has 2 heterocycles. The maximum Gasteiger partial charge on any atom is 0.257 e. The summed E-state index contributed by atoms with van der Waals surface area (Å²) in [6.45, 7) is 7.06. The molecule has 5 aromatic rings. The molecule has 3 heteroatoms. The van der Waals surface area contributed by atoms with E-state index in [0.717, 1.165) is 17.2 Å². The average molecular weight is 433 g/mol. The van der Waals surface area contributed by atoms with Crippen LogP contribution in [0, 0.1) is 6.92 Å². The summed E-state index contributed by atoms with van der Waals surface area (Å²) in [7, 11) is 0.304. The Morgan fingerprint density at radius 2 is 1.56 bits per heavy atom. The van der Waals surface area contributed by atoms with E-state index in [-0.39, 0.29) is 0 Å². The minimum absolute atomic E-state index is 0.950. The molecule has 0 fully saturated rings. The van der Waals surface area contributed by atoms with Crippen molar-refractivity contribution in [1.29, 1.82) is 0 Å². The van der Waals surface area contributed by atoms with Crippen LogP contribution in [-0.2, 0) is 7.05 Å². The average Bonchev–Trinajstić information content (AvgIpc) is 2.81. The maximum absolute atomic E-state index is 6.67. The number of nitrogens with zero attached hydrogens (tertiary/aromatic N) is 1. The summed E-state index contributed by atoms with van der Waals surface area (Å²) < 4.78 is 8.90. The monoisotopic (exact) mass is 432 g/mol. The Labute approximate surface area is 189 Å². The lowest BCUT2D eigenvalue weighted by Gasteiger charge is -2.25. The van der Waals surface area contributed by atoms with E-state index in [9.17, 15) is 0 Å². The highest BCUT2D eigenvalue weighted by molar-refractivity contribution is 7.00. The SMILES string of the molecule is Cc1ccc2cccc3c2c1-c1c(c2cc([Si](C)(C)c4ccccc4)ccc2c[n+]1C)O3. The molecule has 0 atom stereocenters. The van der Waals surface area contributed by atoms with Gasteiger partial charge in [0.25, 0.3) is 5.69 Å². The standard InChI is InChI=1S/C29H26NOSi/c1-19-13-14-20-9-8-12-25-27(20)26(19)28-29(31-25)24-17-23(16-15-21(24)18-30(28)2)32(3,4)22-10-6-5-7-11-22/h5-18H,1-4H3/q+1. The quantitative estimate of drug-likeness (QED) is 0.252. The van der Waals surface area contributed by atoms with Crippen LogP contribution in [0.1, 0.15) is 5.56 Å². The molecule has 1 aliphatic rings. The summed E-state index contributed by atoms with van der Waals surface area (Å²) in [6.07, 6.45) is 2.24. The van der Waals surface area contributed by atoms with E-state index in [2.05, 4.69) is 117 Å². The highest BCUT2D eigenvalue weighted by Gasteiger charge is 2.32. The van der Waals surface area contributed by atoms with Gasteiger partial charge >= 0.3 is 0 Å². The van der Waals surface area contributed by atoms with E-state index >= 15 is 0 Å². The van der Waals surface area contributed by atoms with E-state index in [1.165, 1.54) is 43.0 Å². The summed E-state index contributed by atoms with van der Waals surface area (Å²) in [5.74, 6) is 1.92. The number of hydrogen-bond donors (Lipinski definition) is 0. The predicted octanol–water partition coefficient (Wildman–Crippen LogP) is 5.72. The van der Waals surface area contributed by atoms with Gasteiger partial charge in [-0.3, -0.25) is 0 Å². The molecule has 1 aromatic heterocycles. The first-order valence-electron chi connectivity index (χ1n) is 11.2. The first kappa shape index (κ1) is 19.3. The van der Waals surface area contributed by atoms with Crippen molar-refractivity contribution in [3.63, 3.8) is 0 Å². The Hall–Kier alpha value is -3.43. The van der Waals surface area contributed by atoms with Crippen LogP contribution < -0.4 is 19.7 Å². The van der Waals surface area contributed by atoms with Gasteiger partial charge in [0.2, 0.25) is 5.75 Å². The van der Waals surface area contributed by atoms with Crippen molar-refractivity contribution in [1.82, 2.24) is 0 Å². The summed E-state index contributed by atoms with van der Waals surface area (Å²) in [6, 6.07) is 28.7. The number of fused-ring (bicyclic) bond motifs is 4. The molecule has 0 aliphatic carbocycles. The Morgan fingerprint density at radius 3 is 2.38 bits per heavy atom. The number of pyridine rings is 1. The van der Waals surface area contributed by atoms with E-state index in [4.69, 9.17) is 4.74 Å². The summed E-state index contributed by atoms with van der Waals surface area (Å²) in [4.78, 5) is 0. The Kier molecular flexibility index (Phi) is 4.08. The van der Waals surface area contributed by atoms with E-state index in [1.54, 1.807) is 0 Å². The molecule has 0 saturated carbocycles. The van der Waals surface area contributed by atoms with Crippen molar-refractivity contribution in [3.05, 3.63) is 90.6 Å². The molecule has 0 unspecified atom stereocenters. The Balaban J connectivity index is 1.66. The molecule has 2 nitrogen and oxygen atoms in total. The van der Waals surface area contributed by atoms with Gasteiger partial charge in [0.05, 0.1) is 5.56 Å². The van der Waals surface area contributed by atoms with Gasteiger partial charge in [-0.1, -0.05) is 90.2 Å². The zero-order valence-electron chi connectivity index (χ0n) is 18.9. The first-order chi connectivity index (χ1) is 15.4. The molecule has 0 radical (unpaired) electrons. The number of aryl methyl sites for hydroxylation is 2. The highest BCUT2D eigenvalue weighted by Crippen LogP contribution is 2.48. The lowest BCUT2D eigenvalue weighted by molar-refractivity contribution is -0.659. The van der Waals surface area contributed by atoms with Crippen molar-refractivity contribution >= 4 is 40.0 Å². The van der Waals surface area contributed by atoms with Gasteiger partial charge in [-0.2, -0.15) is 4.57 Å². The van der Waals surface area contributed by atoms with Crippen molar-refractivity contribution in [2.24, 2.45) is 7.05 Å². The molecule has 0 bridgehead atoms.